The Balaban J connectivity index is 3.63. The number of carbonyl (C=O) groups is 1. The molecule has 0 aliphatic rings. The third-order valence-corrected chi connectivity index (χ3v) is 8.43. The summed E-state index contributed by atoms with van der Waals surface area (Å²) in [7, 11) is 0. The molecule has 2 N–H and O–H groups in total. The molecule has 0 rings (SSSR count). The molecule has 0 heterocycles. The Hall–Kier alpha value is -0.0300. The molecule has 0 spiro atoms. The monoisotopic (exact) mass is 475 g/mol. The number of carbonyl (C=O) groups excluding carboxylic acids is 1. The van der Waals surface area contributed by atoms with Crippen LogP contribution in [0.25, 0.3) is 0 Å². The average Bonchev–Trinajstić information content (AvgIpc) is 2.76. The molecule has 0 aromatic rings. The van der Waals surface area contributed by atoms with Gasteiger partial charge in [-0.1, -0.05) is 117 Å². The quantitative estimate of drug-likeness (QED) is 0.134. The van der Waals surface area contributed by atoms with Crippen LogP contribution in [0.4, 0.5) is 4.79 Å². The van der Waals surface area contributed by atoms with E-state index in [0.717, 1.165) is 5.75 Å². The van der Waals surface area contributed by atoms with E-state index in [2.05, 4.69) is 13.8 Å². The summed E-state index contributed by atoms with van der Waals surface area (Å²) < 4.78 is 5.10. The van der Waals surface area contributed by atoms with Crippen molar-refractivity contribution in [2.45, 2.75) is 135 Å². The van der Waals surface area contributed by atoms with Crippen LogP contribution in [0.5, 0.6) is 0 Å². The number of primary amides is 1. The Morgan fingerprint density at radius 1 is 0.677 bits per heavy atom. The molecule has 0 aliphatic heterocycles. The van der Waals surface area contributed by atoms with Crippen molar-refractivity contribution < 1.29 is 9.53 Å². The lowest BCUT2D eigenvalue weighted by atomic mass is 10.1. The molecule has 0 aliphatic carbocycles. The van der Waals surface area contributed by atoms with Crippen molar-refractivity contribution in [1.29, 1.82) is 0 Å². The first-order valence-corrected chi connectivity index (χ1v) is 15.5. The smallest absolute Gasteiger partial charge is 0.404 e. The van der Waals surface area contributed by atoms with E-state index >= 15 is 0 Å². The highest BCUT2D eigenvalue weighted by Gasteiger charge is 2.11. The highest BCUT2D eigenvalue weighted by molar-refractivity contribution is 8.03. The predicted molar refractivity (Wildman–Crippen MR) is 144 cm³/mol. The van der Waals surface area contributed by atoms with Gasteiger partial charge in [0.15, 0.2) is 0 Å². The highest BCUT2D eigenvalue weighted by atomic mass is 32.2. The van der Waals surface area contributed by atoms with Gasteiger partial charge >= 0.3 is 6.09 Å². The van der Waals surface area contributed by atoms with E-state index in [1.165, 1.54) is 127 Å². The number of rotatable bonds is 25. The number of hydrogen-bond acceptors (Lipinski definition) is 4. The third kappa shape index (κ3) is 26.1. The van der Waals surface area contributed by atoms with Crippen LogP contribution in [0.15, 0.2) is 0 Å². The minimum Gasteiger partial charge on any atom is -0.449 e. The standard InChI is InChI=1S/C26H53NO2S2/c1-3-5-7-9-11-13-15-17-19-21-30-24-25(23-29-26(27)28)31-22-20-18-16-14-12-10-8-6-4-2/h25H,3-24H2,1-2H3,(H2,27,28). The fourth-order valence-corrected chi connectivity index (χ4v) is 6.19. The highest BCUT2D eigenvalue weighted by Crippen LogP contribution is 2.21. The Kier molecular flexibility index (Phi) is 26.2. The zero-order chi connectivity index (χ0) is 22.8. The summed E-state index contributed by atoms with van der Waals surface area (Å²) in [4.78, 5) is 11.0. The molecular formula is C26H53NO2S2. The van der Waals surface area contributed by atoms with Gasteiger partial charge in [0.05, 0.1) is 0 Å². The Morgan fingerprint density at radius 3 is 1.55 bits per heavy atom. The molecule has 0 aromatic heterocycles. The Bertz CT molecular complexity index is 369. The fraction of sp³-hybridized carbons (Fsp3) is 0.962. The van der Waals surface area contributed by atoms with E-state index in [0.29, 0.717) is 11.9 Å². The van der Waals surface area contributed by atoms with Gasteiger partial charge in [0.1, 0.15) is 6.61 Å². The molecule has 0 bridgehead atoms. The van der Waals surface area contributed by atoms with E-state index < -0.39 is 6.09 Å². The summed E-state index contributed by atoms with van der Waals surface area (Å²) in [6.45, 7) is 5.01. The van der Waals surface area contributed by atoms with Crippen molar-refractivity contribution in [3.63, 3.8) is 0 Å². The number of hydrogen-bond donors (Lipinski definition) is 1. The summed E-state index contributed by atoms with van der Waals surface area (Å²) in [5.41, 5.74) is 5.18. The lowest BCUT2D eigenvalue weighted by Crippen LogP contribution is -2.22. The summed E-state index contributed by atoms with van der Waals surface area (Å²) in [6, 6.07) is 0. The first-order chi connectivity index (χ1) is 15.2. The van der Waals surface area contributed by atoms with Crippen molar-refractivity contribution in [3.05, 3.63) is 0 Å². The molecule has 0 saturated heterocycles. The summed E-state index contributed by atoms with van der Waals surface area (Å²) in [5, 5.41) is 0.380. The number of nitrogens with two attached hydrogens (primary N) is 1. The minimum absolute atomic E-state index is 0.380. The average molecular weight is 476 g/mol. The predicted octanol–water partition coefficient (Wildman–Crippen LogP) is 8.98. The van der Waals surface area contributed by atoms with Gasteiger partial charge in [-0.25, -0.2) is 4.79 Å². The molecule has 0 radical (unpaired) electrons. The molecular weight excluding hydrogens is 422 g/mol. The maximum absolute atomic E-state index is 11.0. The van der Waals surface area contributed by atoms with Gasteiger partial charge in [-0.15, -0.1) is 0 Å². The van der Waals surface area contributed by atoms with Crippen LogP contribution in [0.2, 0.25) is 0 Å². The minimum atomic E-state index is -0.641. The van der Waals surface area contributed by atoms with Gasteiger partial charge < -0.3 is 10.5 Å². The van der Waals surface area contributed by atoms with Gasteiger partial charge in [-0.3, -0.25) is 0 Å². The normalized spacial score (nSPS) is 12.2. The largest absolute Gasteiger partial charge is 0.449 e. The molecule has 1 unspecified atom stereocenters. The second kappa shape index (κ2) is 26.2. The van der Waals surface area contributed by atoms with Crippen LogP contribution in [-0.4, -0.2) is 35.2 Å². The molecule has 5 heteroatoms. The number of ether oxygens (including phenoxy) is 1. The molecule has 3 nitrogen and oxygen atoms in total. The van der Waals surface area contributed by atoms with Crippen molar-refractivity contribution in [2.24, 2.45) is 5.73 Å². The van der Waals surface area contributed by atoms with Gasteiger partial charge in [0.25, 0.3) is 0 Å². The van der Waals surface area contributed by atoms with Gasteiger partial charge in [-0.2, -0.15) is 23.5 Å². The van der Waals surface area contributed by atoms with Crippen molar-refractivity contribution in [2.75, 3.05) is 23.9 Å². The molecule has 0 saturated carbocycles. The zero-order valence-corrected chi connectivity index (χ0v) is 22.5. The first-order valence-electron chi connectivity index (χ1n) is 13.3. The SMILES string of the molecule is CCCCCCCCCCCSCC(COC(N)=O)SCCCCCCCCCCC. The maximum atomic E-state index is 11.0. The number of amides is 1. The van der Waals surface area contributed by atoms with Gasteiger partial charge in [0.2, 0.25) is 0 Å². The summed E-state index contributed by atoms with van der Waals surface area (Å²) in [6.07, 6.45) is 24.1. The van der Waals surface area contributed by atoms with Crippen LogP contribution < -0.4 is 5.73 Å². The third-order valence-electron chi connectivity index (χ3n) is 5.71. The molecule has 1 atom stereocenters. The van der Waals surface area contributed by atoms with E-state index in [4.69, 9.17) is 10.5 Å². The Labute approximate surface area is 203 Å². The van der Waals surface area contributed by atoms with Crippen LogP contribution >= 0.6 is 23.5 Å². The molecule has 186 valence electrons. The summed E-state index contributed by atoms with van der Waals surface area (Å²) in [5.74, 6) is 3.45. The number of unbranched alkanes of at least 4 members (excludes halogenated alkanes) is 16. The summed E-state index contributed by atoms with van der Waals surface area (Å²) >= 11 is 3.98. The van der Waals surface area contributed by atoms with Crippen molar-refractivity contribution >= 4 is 29.6 Å². The number of thioether (sulfide) groups is 2. The van der Waals surface area contributed by atoms with Crippen LogP contribution in [-0.2, 0) is 4.74 Å². The molecule has 0 aromatic carbocycles. The fourth-order valence-electron chi connectivity index (χ4n) is 3.71. The van der Waals surface area contributed by atoms with E-state index in [-0.39, 0.29) is 0 Å². The van der Waals surface area contributed by atoms with E-state index in [1.54, 1.807) is 0 Å². The van der Waals surface area contributed by atoms with Gasteiger partial charge in [0, 0.05) is 11.0 Å². The van der Waals surface area contributed by atoms with Crippen LogP contribution in [0.3, 0.4) is 0 Å². The first kappa shape index (κ1) is 31.0. The van der Waals surface area contributed by atoms with Crippen LogP contribution in [0, 0.1) is 0 Å². The maximum Gasteiger partial charge on any atom is 0.404 e. The lowest BCUT2D eigenvalue weighted by Gasteiger charge is -2.16. The lowest BCUT2D eigenvalue weighted by molar-refractivity contribution is 0.158. The zero-order valence-electron chi connectivity index (χ0n) is 20.8. The molecule has 0 fully saturated rings. The second-order valence-corrected chi connectivity index (χ2v) is 11.4. The second-order valence-electron chi connectivity index (χ2n) is 8.85. The van der Waals surface area contributed by atoms with Crippen LogP contribution in [0.1, 0.15) is 129 Å². The van der Waals surface area contributed by atoms with Crippen molar-refractivity contribution in [3.8, 4) is 0 Å². The Morgan fingerprint density at radius 2 is 1.10 bits per heavy atom. The van der Waals surface area contributed by atoms with E-state index in [1.807, 2.05) is 23.5 Å². The van der Waals surface area contributed by atoms with E-state index in [9.17, 15) is 4.79 Å². The molecule has 1 amide bonds. The van der Waals surface area contributed by atoms with Gasteiger partial charge in [-0.05, 0) is 24.3 Å². The topological polar surface area (TPSA) is 52.3 Å². The molecule has 31 heavy (non-hydrogen) atoms. The van der Waals surface area contributed by atoms with Crippen molar-refractivity contribution in [1.82, 2.24) is 0 Å².